The van der Waals surface area contributed by atoms with Gasteiger partial charge in [0.15, 0.2) is 0 Å². The Morgan fingerprint density at radius 1 is 1.14 bits per heavy atom. The molecule has 1 aromatic heterocycles. The Morgan fingerprint density at radius 2 is 1.79 bits per heavy atom. The summed E-state index contributed by atoms with van der Waals surface area (Å²) in [7, 11) is 0. The van der Waals surface area contributed by atoms with Crippen LogP contribution in [0.4, 0.5) is 23.8 Å². The smallest absolute Gasteiger partial charge is 0.354 e. The Balaban J connectivity index is 1.46. The summed E-state index contributed by atoms with van der Waals surface area (Å²) in [6.07, 6.45) is 0.493. The molecule has 1 saturated carbocycles. The topological polar surface area (TPSA) is 77.6 Å². The van der Waals surface area contributed by atoms with E-state index in [0.717, 1.165) is 37.9 Å². The van der Waals surface area contributed by atoms with Crippen LogP contribution in [0.2, 0.25) is 0 Å². The minimum absolute atomic E-state index is 0.137. The van der Waals surface area contributed by atoms with Crippen molar-refractivity contribution in [3.63, 3.8) is 0 Å². The summed E-state index contributed by atoms with van der Waals surface area (Å²) in [5, 5.41) is 5.23. The van der Waals surface area contributed by atoms with Gasteiger partial charge in [-0.3, -0.25) is 15.0 Å². The molecule has 0 spiro atoms. The van der Waals surface area contributed by atoms with E-state index in [4.69, 9.17) is 0 Å². The molecule has 2 aliphatic rings. The number of alkyl halides is 3. The van der Waals surface area contributed by atoms with E-state index in [2.05, 4.69) is 15.6 Å². The van der Waals surface area contributed by atoms with Gasteiger partial charge in [-0.2, -0.15) is 13.2 Å². The van der Waals surface area contributed by atoms with Crippen LogP contribution in [-0.2, 0) is 11.0 Å². The number of halogens is 3. The summed E-state index contributed by atoms with van der Waals surface area (Å²) in [6, 6.07) is 1.58. The molecule has 2 heterocycles. The van der Waals surface area contributed by atoms with E-state index in [0.29, 0.717) is 32.0 Å². The van der Waals surface area contributed by atoms with E-state index < -0.39 is 23.8 Å². The van der Waals surface area contributed by atoms with E-state index in [-0.39, 0.29) is 11.9 Å². The first-order chi connectivity index (χ1) is 13.7. The molecule has 1 aromatic rings. The minimum Gasteiger partial charge on any atom is -0.354 e. The van der Waals surface area contributed by atoms with Gasteiger partial charge in [-0.1, -0.05) is 12.8 Å². The fourth-order valence-corrected chi connectivity index (χ4v) is 3.75. The summed E-state index contributed by atoms with van der Waals surface area (Å²) in [4.78, 5) is 32.1. The quantitative estimate of drug-likeness (QED) is 0.793. The van der Waals surface area contributed by atoms with Crippen molar-refractivity contribution in [2.75, 3.05) is 31.1 Å². The number of amides is 3. The van der Waals surface area contributed by atoms with Crippen molar-refractivity contribution in [1.82, 2.24) is 20.5 Å². The van der Waals surface area contributed by atoms with Crippen LogP contribution in [0.5, 0.6) is 0 Å². The molecule has 3 rings (SSSR count). The van der Waals surface area contributed by atoms with E-state index in [1.54, 1.807) is 6.92 Å². The van der Waals surface area contributed by atoms with Crippen LogP contribution in [-0.4, -0.2) is 60.1 Å². The average molecular weight is 413 g/mol. The van der Waals surface area contributed by atoms with Gasteiger partial charge >= 0.3 is 12.2 Å². The highest BCUT2D eigenvalue weighted by Crippen LogP contribution is 2.29. The highest BCUT2D eigenvalue weighted by molar-refractivity contribution is 5.96. The molecule has 160 valence electrons. The lowest BCUT2D eigenvalue weighted by Gasteiger charge is -2.37. The largest absolute Gasteiger partial charge is 0.417 e. The van der Waals surface area contributed by atoms with Gasteiger partial charge in [-0.25, -0.2) is 9.78 Å². The molecule has 29 heavy (non-hydrogen) atoms. The van der Waals surface area contributed by atoms with Crippen LogP contribution in [0.25, 0.3) is 0 Å². The molecule has 1 unspecified atom stereocenters. The van der Waals surface area contributed by atoms with Crippen molar-refractivity contribution in [2.24, 2.45) is 0 Å². The number of piperazine rings is 1. The van der Waals surface area contributed by atoms with Gasteiger partial charge in [0, 0.05) is 38.4 Å². The molecule has 1 aliphatic carbocycles. The molecule has 0 aromatic carbocycles. The number of hydrogen-bond donors (Lipinski definition) is 2. The van der Waals surface area contributed by atoms with Gasteiger partial charge in [0.2, 0.25) is 5.91 Å². The third kappa shape index (κ3) is 5.59. The second-order valence-electron chi connectivity index (χ2n) is 7.55. The summed E-state index contributed by atoms with van der Waals surface area (Å²) >= 11 is 0. The van der Waals surface area contributed by atoms with Gasteiger partial charge in [0.05, 0.1) is 11.6 Å². The highest BCUT2D eigenvalue weighted by atomic mass is 19.4. The number of pyridine rings is 1. The maximum absolute atomic E-state index is 12.7. The molecule has 7 nitrogen and oxygen atoms in total. The lowest BCUT2D eigenvalue weighted by atomic mass is 10.2. The first-order valence-corrected chi connectivity index (χ1v) is 9.87. The normalized spacial score (nSPS) is 19.8. The Kier molecular flexibility index (Phi) is 6.61. The number of anilines is 1. The van der Waals surface area contributed by atoms with Gasteiger partial charge in [0.25, 0.3) is 0 Å². The second kappa shape index (κ2) is 8.98. The van der Waals surface area contributed by atoms with Gasteiger partial charge in [0.1, 0.15) is 5.82 Å². The lowest BCUT2D eigenvalue weighted by molar-refractivity contribution is -0.137. The molecule has 3 amide bonds. The van der Waals surface area contributed by atoms with Crippen molar-refractivity contribution in [1.29, 1.82) is 0 Å². The number of hydrogen-bond acceptors (Lipinski definition) is 5. The number of urea groups is 1. The van der Waals surface area contributed by atoms with Crippen LogP contribution >= 0.6 is 0 Å². The molecule has 1 saturated heterocycles. The van der Waals surface area contributed by atoms with Gasteiger partial charge in [-0.15, -0.1) is 0 Å². The highest BCUT2D eigenvalue weighted by Gasteiger charge is 2.31. The molecular weight excluding hydrogens is 387 g/mol. The third-order valence-corrected chi connectivity index (χ3v) is 5.57. The second-order valence-corrected chi connectivity index (χ2v) is 7.55. The van der Waals surface area contributed by atoms with Crippen molar-refractivity contribution in [3.8, 4) is 0 Å². The standard InChI is InChI=1S/C19H26F3N5O2/c1-13(17(28)25-18(29)24-15-4-2-3-5-15)26-8-10-27(11-9-26)16-7-6-14(12-23-16)19(20,21)22/h6-7,12-13,15H,2-5,8-11H2,1H3,(H2,24,25,28,29). The SMILES string of the molecule is CC(C(=O)NC(=O)NC1CCCC1)N1CCN(c2ccc(C(F)(F)F)cn2)CC1. The number of nitrogens with one attached hydrogen (secondary N) is 2. The zero-order valence-electron chi connectivity index (χ0n) is 16.3. The molecule has 0 radical (unpaired) electrons. The van der Waals surface area contributed by atoms with Crippen molar-refractivity contribution < 1.29 is 22.8 Å². The zero-order valence-corrected chi connectivity index (χ0v) is 16.3. The molecule has 2 fully saturated rings. The predicted molar refractivity (Wildman–Crippen MR) is 101 cm³/mol. The fourth-order valence-electron chi connectivity index (χ4n) is 3.75. The summed E-state index contributed by atoms with van der Waals surface area (Å²) in [6.45, 7) is 3.89. The molecule has 0 bridgehead atoms. The first-order valence-electron chi connectivity index (χ1n) is 9.87. The molecule has 1 atom stereocenters. The van der Waals surface area contributed by atoms with Crippen LogP contribution in [0.1, 0.15) is 38.2 Å². The van der Waals surface area contributed by atoms with E-state index in [9.17, 15) is 22.8 Å². The Morgan fingerprint density at radius 3 is 2.34 bits per heavy atom. The Labute approximate surface area is 167 Å². The van der Waals surface area contributed by atoms with E-state index in [1.807, 2.05) is 9.80 Å². The molecule has 1 aliphatic heterocycles. The molecule has 10 heteroatoms. The number of carbonyl (C=O) groups excluding carboxylic acids is 2. The Bertz CT molecular complexity index is 712. The van der Waals surface area contributed by atoms with Gasteiger partial charge < -0.3 is 10.2 Å². The predicted octanol–water partition coefficient (Wildman–Crippen LogP) is 2.38. The zero-order chi connectivity index (χ0) is 21.0. The van der Waals surface area contributed by atoms with Crippen molar-refractivity contribution in [2.45, 2.75) is 50.9 Å². The minimum atomic E-state index is -4.41. The summed E-state index contributed by atoms with van der Waals surface area (Å²) < 4.78 is 38.0. The maximum Gasteiger partial charge on any atom is 0.417 e. The number of carbonyl (C=O) groups is 2. The summed E-state index contributed by atoms with van der Waals surface area (Å²) in [5.41, 5.74) is -0.777. The van der Waals surface area contributed by atoms with Crippen LogP contribution < -0.4 is 15.5 Å². The Hall–Kier alpha value is -2.36. The summed E-state index contributed by atoms with van der Waals surface area (Å²) in [5.74, 6) is 0.118. The van der Waals surface area contributed by atoms with Crippen LogP contribution in [0.3, 0.4) is 0 Å². The number of nitrogens with zero attached hydrogens (tertiary/aromatic N) is 3. The van der Waals surface area contributed by atoms with E-state index >= 15 is 0 Å². The molecular formula is C19H26F3N5O2. The van der Waals surface area contributed by atoms with Crippen LogP contribution in [0.15, 0.2) is 18.3 Å². The number of rotatable bonds is 4. The lowest BCUT2D eigenvalue weighted by Crippen LogP contribution is -2.56. The number of aromatic nitrogens is 1. The van der Waals surface area contributed by atoms with Crippen molar-refractivity contribution >= 4 is 17.8 Å². The maximum atomic E-state index is 12.7. The first kappa shape index (κ1) is 21.4. The molecule has 2 N–H and O–H groups in total. The third-order valence-electron chi connectivity index (χ3n) is 5.57. The average Bonchev–Trinajstić information content (AvgIpc) is 3.19. The van der Waals surface area contributed by atoms with Gasteiger partial charge in [-0.05, 0) is 31.9 Å². The van der Waals surface area contributed by atoms with Crippen LogP contribution in [0, 0.1) is 0 Å². The van der Waals surface area contributed by atoms with Crippen molar-refractivity contribution in [3.05, 3.63) is 23.9 Å². The fraction of sp³-hybridized carbons (Fsp3) is 0.632. The monoisotopic (exact) mass is 413 g/mol. The number of imide groups is 1. The van der Waals surface area contributed by atoms with E-state index in [1.165, 1.54) is 6.07 Å².